The minimum atomic E-state index is -4.44. The van der Waals surface area contributed by atoms with Crippen LogP contribution in [-0.4, -0.2) is 20.5 Å². The van der Waals surface area contributed by atoms with Gasteiger partial charge in [-0.1, -0.05) is 12.1 Å². The van der Waals surface area contributed by atoms with E-state index >= 15 is 4.39 Å². The number of alkyl halides is 3. The SMILES string of the molecule is Cc1cc(C2CCn3ncc(C)c3C2=O)c(F)cc1-c1ccc2cc(C(F)(F)F)ccc2n1. The number of aryl methyl sites for hydroxylation is 3. The van der Waals surface area contributed by atoms with Crippen LogP contribution in [0.5, 0.6) is 0 Å². The maximum absolute atomic E-state index is 15.2. The summed E-state index contributed by atoms with van der Waals surface area (Å²) < 4.78 is 55.8. The third-order valence-corrected chi connectivity index (χ3v) is 6.21. The van der Waals surface area contributed by atoms with Crippen LogP contribution in [0.3, 0.4) is 0 Å². The van der Waals surface area contributed by atoms with Crippen LogP contribution in [0.4, 0.5) is 17.6 Å². The minimum Gasteiger partial charge on any atom is -0.292 e. The van der Waals surface area contributed by atoms with E-state index in [0.29, 0.717) is 46.4 Å². The third-order valence-electron chi connectivity index (χ3n) is 6.21. The van der Waals surface area contributed by atoms with Crippen LogP contribution < -0.4 is 0 Å². The summed E-state index contributed by atoms with van der Waals surface area (Å²) in [5, 5.41) is 4.55. The Kier molecular flexibility index (Phi) is 4.84. The fourth-order valence-electron chi connectivity index (χ4n) is 4.51. The van der Waals surface area contributed by atoms with Crippen molar-refractivity contribution in [2.75, 3.05) is 0 Å². The van der Waals surface area contributed by atoms with Gasteiger partial charge < -0.3 is 0 Å². The Labute approximate surface area is 186 Å². The Morgan fingerprint density at radius 3 is 2.58 bits per heavy atom. The molecule has 0 bridgehead atoms. The lowest BCUT2D eigenvalue weighted by molar-refractivity contribution is -0.137. The van der Waals surface area contributed by atoms with Crippen molar-refractivity contribution in [3.63, 3.8) is 0 Å². The van der Waals surface area contributed by atoms with Gasteiger partial charge in [0.05, 0.1) is 28.9 Å². The quantitative estimate of drug-likeness (QED) is 0.338. The predicted molar refractivity (Wildman–Crippen MR) is 116 cm³/mol. The topological polar surface area (TPSA) is 47.8 Å². The number of hydrogen-bond acceptors (Lipinski definition) is 3. The number of carbonyl (C=O) groups is 1. The molecule has 3 heterocycles. The van der Waals surface area contributed by atoms with Gasteiger partial charge in [0.25, 0.3) is 0 Å². The number of aromatic nitrogens is 3. The van der Waals surface area contributed by atoms with E-state index in [1.807, 2.05) is 6.92 Å². The Bertz CT molecular complexity index is 1420. The number of benzene rings is 2. The highest BCUT2D eigenvalue weighted by Gasteiger charge is 2.33. The molecule has 0 amide bonds. The summed E-state index contributed by atoms with van der Waals surface area (Å²) in [6, 6.07) is 9.50. The third kappa shape index (κ3) is 3.59. The van der Waals surface area contributed by atoms with E-state index in [0.717, 1.165) is 23.3 Å². The minimum absolute atomic E-state index is 0.147. The summed E-state index contributed by atoms with van der Waals surface area (Å²) in [5.41, 5.74) is 2.98. The first-order valence-electron chi connectivity index (χ1n) is 10.5. The molecule has 168 valence electrons. The fourth-order valence-corrected chi connectivity index (χ4v) is 4.51. The molecule has 1 aliphatic heterocycles. The van der Waals surface area contributed by atoms with Gasteiger partial charge in [-0.05, 0) is 67.3 Å². The molecule has 4 nitrogen and oxygen atoms in total. The van der Waals surface area contributed by atoms with Crippen LogP contribution in [0.15, 0.2) is 48.7 Å². The van der Waals surface area contributed by atoms with Crippen LogP contribution in [0, 0.1) is 19.7 Å². The molecule has 2 aromatic heterocycles. The van der Waals surface area contributed by atoms with Crippen molar-refractivity contribution >= 4 is 16.7 Å². The Morgan fingerprint density at radius 2 is 1.82 bits per heavy atom. The molecule has 1 unspecified atom stereocenters. The Morgan fingerprint density at radius 1 is 1.03 bits per heavy atom. The molecular weight excluding hydrogens is 434 g/mol. The molecule has 1 atom stereocenters. The van der Waals surface area contributed by atoms with Crippen molar-refractivity contribution in [1.29, 1.82) is 0 Å². The van der Waals surface area contributed by atoms with Crippen LogP contribution in [0.1, 0.15) is 45.1 Å². The van der Waals surface area contributed by atoms with Crippen LogP contribution in [0.25, 0.3) is 22.2 Å². The van der Waals surface area contributed by atoms with Crippen LogP contribution in [-0.2, 0) is 12.7 Å². The van der Waals surface area contributed by atoms with E-state index in [1.54, 1.807) is 36.0 Å². The summed E-state index contributed by atoms with van der Waals surface area (Å²) in [5.74, 6) is -1.24. The molecule has 4 aromatic rings. The van der Waals surface area contributed by atoms with Crippen molar-refractivity contribution in [2.24, 2.45) is 0 Å². The number of halogens is 4. The smallest absolute Gasteiger partial charge is 0.292 e. The normalized spacial score (nSPS) is 16.3. The molecule has 0 saturated carbocycles. The summed E-state index contributed by atoms with van der Waals surface area (Å²) in [7, 11) is 0. The number of carbonyl (C=O) groups excluding carboxylic acids is 1. The number of nitrogens with zero attached hydrogens (tertiary/aromatic N) is 3. The molecule has 0 fully saturated rings. The Balaban J connectivity index is 1.52. The molecule has 0 spiro atoms. The number of fused-ring (bicyclic) bond motifs is 2. The average molecular weight is 453 g/mol. The van der Waals surface area contributed by atoms with Gasteiger partial charge in [0.1, 0.15) is 11.5 Å². The molecule has 8 heteroatoms. The monoisotopic (exact) mass is 453 g/mol. The van der Waals surface area contributed by atoms with Gasteiger partial charge in [0.15, 0.2) is 5.78 Å². The van der Waals surface area contributed by atoms with Gasteiger partial charge in [-0.2, -0.15) is 18.3 Å². The maximum Gasteiger partial charge on any atom is 0.416 e. The van der Waals surface area contributed by atoms with Gasteiger partial charge in [-0.3, -0.25) is 9.48 Å². The predicted octanol–water partition coefficient (Wildman–Crippen LogP) is 6.24. The van der Waals surface area contributed by atoms with E-state index in [1.165, 1.54) is 12.1 Å². The first-order chi connectivity index (χ1) is 15.6. The van der Waals surface area contributed by atoms with Crippen LogP contribution >= 0.6 is 0 Å². The molecule has 0 aliphatic carbocycles. The zero-order valence-corrected chi connectivity index (χ0v) is 17.9. The molecule has 2 aromatic carbocycles. The summed E-state index contributed by atoms with van der Waals surface area (Å²) in [4.78, 5) is 17.5. The lowest BCUT2D eigenvalue weighted by Crippen LogP contribution is -2.26. The van der Waals surface area contributed by atoms with Gasteiger partial charge in [-0.25, -0.2) is 9.37 Å². The van der Waals surface area contributed by atoms with Crippen LogP contribution in [0.2, 0.25) is 0 Å². The molecule has 33 heavy (non-hydrogen) atoms. The molecule has 0 N–H and O–H groups in total. The molecule has 5 rings (SSSR count). The zero-order chi connectivity index (χ0) is 23.5. The lowest BCUT2D eigenvalue weighted by Gasteiger charge is -2.24. The van der Waals surface area contributed by atoms with Crippen molar-refractivity contribution < 1.29 is 22.4 Å². The second-order valence-electron chi connectivity index (χ2n) is 8.40. The number of rotatable bonds is 2. The standard InChI is InChI=1S/C25H19F4N3O/c1-13-9-19(17-7-8-32-23(24(17)33)14(2)12-30-32)20(26)11-18(13)22-5-3-15-10-16(25(27,28)29)4-6-21(15)31-22/h3-6,9-12,17H,7-8H2,1-2H3. The number of pyridine rings is 1. The second-order valence-corrected chi connectivity index (χ2v) is 8.40. The van der Waals surface area contributed by atoms with Gasteiger partial charge in [-0.15, -0.1) is 0 Å². The lowest BCUT2D eigenvalue weighted by atomic mass is 9.85. The highest BCUT2D eigenvalue weighted by molar-refractivity contribution is 6.01. The summed E-state index contributed by atoms with van der Waals surface area (Å²) >= 11 is 0. The highest BCUT2D eigenvalue weighted by Crippen LogP contribution is 2.36. The van der Waals surface area contributed by atoms with E-state index in [-0.39, 0.29) is 5.78 Å². The van der Waals surface area contributed by atoms with Crippen molar-refractivity contribution in [3.8, 4) is 11.3 Å². The van der Waals surface area contributed by atoms with E-state index < -0.39 is 23.5 Å². The summed E-state index contributed by atoms with van der Waals surface area (Å²) in [6.07, 6.45) is -2.34. The Hall–Kier alpha value is -3.55. The number of hydrogen-bond donors (Lipinski definition) is 0. The van der Waals surface area contributed by atoms with Gasteiger partial charge in [0, 0.05) is 17.5 Å². The molecule has 0 radical (unpaired) electrons. The number of Topliss-reactive ketones (excluding diaryl/α,β-unsaturated/α-hetero) is 1. The summed E-state index contributed by atoms with van der Waals surface area (Å²) in [6.45, 7) is 4.15. The largest absolute Gasteiger partial charge is 0.416 e. The fraction of sp³-hybridized carbons (Fsp3) is 0.240. The van der Waals surface area contributed by atoms with E-state index in [9.17, 15) is 18.0 Å². The second kappa shape index (κ2) is 7.50. The van der Waals surface area contributed by atoms with Gasteiger partial charge in [0.2, 0.25) is 0 Å². The van der Waals surface area contributed by atoms with Crippen molar-refractivity contribution in [1.82, 2.24) is 14.8 Å². The first-order valence-corrected chi connectivity index (χ1v) is 10.5. The average Bonchev–Trinajstić information content (AvgIpc) is 3.16. The number of ketones is 1. The van der Waals surface area contributed by atoms with Gasteiger partial charge >= 0.3 is 6.18 Å². The van der Waals surface area contributed by atoms with Crippen molar-refractivity contribution in [2.45, 2.75) is 38.9 Å². The zero-order valence-electron chi connectivity index (χ0n) is 17.9. The van der Waals surface area contributed by atoms with Crippen molar-refractivity contribution in [3.05, 3.63) is 82.4 Å². The first kappa shape index (κ1) is 21.3. The maximum atomic E-state index is 15.2. The molecule has 0 saturated heterocycles. The molecular formula is C25H19F4N3O. The van der Waals surface area contributed by atoms with E-state index in [4.69, 9.17) is 0 Å². The van der Waals surface area contributed by atoms with E-state index in [2.05, 4.69) is 10.1 Å². The highest BCUT2D eigenvalue weighted by atomic mass is 19.4. The molecule has 1 aliphatic rings.